The number of carbonyl (C=O) groups excluding carboxylic acids is 2. The average Bonchev–Trinajstić information content (AvgIpc) is 4.47. The van der Waals surface area contributed by atoms with Crippen molar-refractivity contribution in [2.24, 2.45) is 7.05 Å². The number of anilines is 6. The molecular formula is C59H54N18O4. The summed E-state index contributed by atoms with van der Waals surface area (Å²) >= 11 is 0. The maximum atomic E-state index is 13.8. The van der Waals surface area contributed by atoms with Crippen LogP contribution in [0.5, 0.6) is 23.0 Å². The molecule has 11 heterocycles. The molecule has 404 valence electrons. The van der Waals surface area contributed by atoms with Crippen molar-refractivity contribution in [1.29, 1.82) is 0 Å². The molecule has 5 aliphatic rings. The number of benzene rings is 4. The van der Waals surface area contributed by atoms with Crippen LogP contribution in [0.3, 0.4) is 0 Å². The maximum absolute atomic E-state index is 13.8. The number of nitrogens with one attached hydrogen (secondary N) is 2. The predicted molar refractivity (Wildman–Crippen MR) is 306 cm³/mol. The van der Waals surface area contributed by atoms with Gasteiger partial charge < -0.3 is 39.7 Å². The minimum absolute atomic E-state index is 0.0212. The van der Waals surface area contributed by atoms with Gasteiger partial charge in [0.05, 0.1) is 40.7 Å². The lowest BCUT2D eigenvalue weighted by Crippen LogP contribution is -2.64. The standard InChI is InChI=1S/C59H54N18O4/c1-5-54(78)76-31-40-25-41(76)30-74(40)53-21-15-45-57(67-53)59(63-33-61-45)65-37-9-19-51(35(3)24-37)81-43-13-17-49-47(27-43)69-71-77(49)22-6-7-55(79)75-29-38-10-11-39(75)28-73(38)52-20-14-44-56(66-52)58(62-32-60-44)64-36-8-18-50(34(2)23-36)80-42-12-16-48-46(26-42)68-70-72(48)4/h5-9,12-21,23-24,26-27,32-33,38-41H,1,10-11,22,25,28-31H2,2-4H3,(H,60,62,64)(H,61,63,65). The number of allylic oxidation sites excluding steroid dienone is 1. The summed E-state index contributed by atoms with van der Waals surface area (Å²) in [5, 5.41) is 24.1. The van der Waals surface area contributed by atoms with Gasteiger partial charge in [-0.2, -0.15) is 0 Å². The molecule has 5 aliphatic heterocycles. The van der Waals surface area contributed by atoms with E-state index in [0.717, 1.165) is 93.3 Å². The second kappa shape index (κ2) is 20.0. The highest BCUT2D eigenvalue weighted by Crippen LogP contribution is 2.38. The number of aryl methyl sites for hydroxylation is 3. The van der Waals surface area contributed by atoms with Crippen LogP contribution >= 0.6 is 0 Å². The Balaban J connectivity index is 0.590. The summed E-state index contributed by atoms with van der Waals surface area (Å²) < 4.78 is 16.1. The van der Waals surface area contributed by atoms with Crippen LogP contribution in [0.25, 0.3) is 44.1 Å². The van der Waals surface area contributed by atoms with Crippen LogP contribution in [0.15, 0.2) is 135 Å². The molecule has 5 saturated heterocycles. The van der Waals surface area contributed by atoms with Gasteiger partial charge >= 0.3 is 0 Å². The highest BCUT2D eigenvalue weighted by atomic mass is 16.5. The number of fused-ring (bicyclic) bond motifs is 9. The molecule has 81 heavy (non-hydrogen) atoms. The summed E-state index contributed by atoms with van der Waals surface area (Å²) in [6.07, 6.45) is 10.7. The number of aromatic nitrogens is 12. The lowest BCUT2D eigenvalue weighted by molar-refractivity contribution is -0.131. The Bertz CT molecular complexity index is 4200. The molecule has 0 radical (unpaired) electrons. The second-order valence-corrected chi connectivity index (χ2v) is 21.0. The zero-order valence-electron chi connectivity index (χ0n) is 44.6. The van der Waals surface area contributed by atoms with E-state index in [0.29, 0.717) is 71.6 Å². The maximum Gasteiger partial charge on any atom is 0.246 e. The number of hydrogen-bond donors (Lipinski definition) is 2. The highest BCUT2D eigenvalue weighted by molar-refractivity contribution is 5.91. The Morgan fingerprint density at radius 2 is 1.17 bits per heavy atom. The number of piperidine rings is 2. The fourth-order valence-electron chi connectivity index (χ4n) is 11.9. The summed E-state index contributed by atoms with van der Waals surface area (Å²) in [6, 6.07) is 31.6. The van der Waals surface area contributed by atoms with Crippen molar-refractivity contribution in [1.82, 2.24) is 69.7 Å². The molecule has 5 fully saturated rings. The topological polar surface area (TPSA) is 228 Å². The SMILES string of the molecule is C=CC(=O)N1CC2CC1CN2c1ccc2ncnc(Nc3ccc(Oc4ccc5c(c4)nnn5CC=CC(=O)N4CC5CCC4CN5c4ccc5ncnc(Nc6ccc(Oc7ccc8c(c7)nnn8C)c(C)c6)c5n4)c(C)c3)c2n1. The largest absolute Gasteiger partial charge is 0.457 e. The van der Waals surface area contributed by atoms with Gasteiger partial charge in [0.15, 0.2) is 11.6 Å². The van der Waals surface area contributed by atoms with Crippen molar-refractivity contribution in [2.45, 2.75) is 63.8 Å². The van der Waals surface area contributed by atoms with Crippen LogP contribution in [-0.4, -0.2) is 132 Å². The number of piperazine rings is 2. The highest BCUT2D eigenvalue weighted by Gasteiger charge is 2.45. The van der Waals surface area contributed by atoms with E-state index in [1.807, 2.05) is 134 Å². The molecule has 2 N–H and O–H groups in total. The van der Waals surface area contributed by atoms with Gasteiger partial charge in [-0.3, -0.25) is 9.59 Å². The lowest BCUT2D eigenvalue weighted by Gasteiger charge is -2.51. The summed E-state index contributed by atoms with van der Waals surface area (Å²) in [5.41, 5.74) is 9.45. The summed E-state index contributed by atoms with van der Waals surface area (Å²) in [6.45, 7) is 10.7. The van der Waals surface area contributed by atoms with E-state index >= 15 is 0 Å². The number of likely N-dealkylation sites (tertiary alicyclic amines) is 1. The zero-order valence-corrected chi connectivity index (χ0v) is 44.6. The van der Waals surface area contributed by atoms with E-state index < -0.39 is 0 Å². The van der Waals surface area contributed by atoms with Crippen LogP contribution in [-0.2, 0) is 23.2 Å². The minimum Gasteiger partial charge on any atom is -0.457 e. The molecule has 0 saturated carbocycles. The van der Waals surface area contributed by atoms with Crippen molar-refractivity contribution >= 4 is 90.6 Å². The van der Waals surface area contributed by atoms with Gasteiger partial charge in [-0.25, -0.2) is 39.3 Å². The number of pyridine rings is 2. The Hall–Kier alpha value is -10.1. The van der Waals surface area contributed by atoms with Crippen molar-refractivity contribution in [3.8, 4) is 23.0 Å². The first kappa shape index (κ1) is 49.2. The van der Waals surface area contributed by atoms with E-state index in [2.05, 4.69) is 67.6 Å². The first-order chi connectivity index (χ1) is 39.5. The van der Waals surface area contributed by atoms with Gasteiger partial charge in [-0.15, -0.1) is 10.2 Å². The molecule has 15 rings (SSSR count). The third-order valence-corrected chi connectivity index (χ3v) is 16.0. The second-order valence-electron chi connectivity index (χ2n) is 21.0. The lowest BCUT2D eigenvalue weighted by atomic mass is 9.90. The summed E-state index contributed by atoms with van der Waals surface area (Å²) in [5.74, 6) is 5.51. The number of rotatable bonds is 14. The first-order valence-corrected chi connectivity index (χ1v) is 27.0. The fourth-order valence-corrected chi connectivity index (χ4v) is 11.9. The monoisotopic (exact) mass is 1080 g/mol. The molecule has 4 aromatic carbocycles. The van der Waals surface area contributed by atoms with E-state index in [4.69, 9.17) is 19.4 Å². The van der Waals surface area contributed by atoms with Gasteiger partial charge in [0.25, 0.3) is 0 Å². The Kier molecular flexibility index (Phi) is 12.1. The van der Waals surface area contributed by atoms with Crippen LogP contribution in [0, 0.1) is 13.8 Å². The fraction of sp³-hybridized carbons (Fsp3) is 0.254. The zero-order chi connectivity index (χ0) is 54.9. The Labute approximate surface area is 463 Å². The van der Waals surface area contributed by atoms with E-state index in [9.17, 15) is 9.59 Å². The third-order valence-electron chi connectivity index (χ3n) is 16.0. The number of hydrogen-bond acceptors (Lipinski definition) is 18. The average molecular weight is 1080 g/mol. The molecule has 4 unspecified atom stereocenters. The van der Waals surface area contributed by atoms with E-state index in [1.54, 1.807) is 21.8 Å². The molecule has 2 amide bonds. The molecule has 4 bridgehead atoms. The summed E-state index contributed by atoms with van der Waals surface area (Å²) in [4.78, 5) is 63.0. The van der Waals surface area contributed by atoms with Crippen LogP contribution in [0.4, 0.5) is 34.6 Å². The first-order valence-electron chi connectivity index (χ1n) is 27.0. The number of ether oxygens (including phenoxy) is 2. The van der Waals surface area contributed by atoms with Crippen LogP contribution in [0.2, 0.25) is 0 Å². The van der Waals surface area contributed by atoms with Crippen molar-refractivity contribution in [3.63, 3.8) is 0 Å². The van der Waals surface area contributed by atoms with Crippen LogP contribution < -0.4 is 29.9 Å². The smallest absolute Gasteiger partial charge is 0.246 e. The van der Waals surface area contributed by atoms with Gasteiger partial charge in [0.1, 0.15) is 69.4 Å². The molecule has 4 atom stereocenters. The van der Waals surface area contributed by atoms with Gasteiger partial charge in [0, 0.05) is 74.9 Å². The number of carbonyl (C=O) groups is 2. The van der Waals surface area contributed by atoms with Crippen LogP contribution in [0.1, 0.15) is 30.4 Å². The molecule has 0 aliphatic carbocycles. The molecule has 10 aromatic rings. The van der Waals surface area contributed by atoms with Gasteiger partial charge in [0.2, 0.25) is 11.8 Å². The molecule has 0 spiro atoms. The predicted octanol–water partition coefficient (Wildman–Crippen LogP) is 8.49. The quantitative estimate of drug-likeness (QED) is 0.0973. The van der Waals surface area contributed by atoms with Crippen molar-refractivity contribution in [3.05, 3.63) is 146 Å². The molecule has 22 nitrogen and oxygen atoms in total. The van der Waals surface area contributed by atoms with Crippen molar-refractivity contribution < 1.29 is 19.1 Å². The molecular weight excluding hydrogens is 1020 g/mol. The third kappa shape index (κ3) is 9.22. The number of nitrogens with zero attached hydrogens (tertiary/aromatic N) is 16. The van der Waals surface area contributed by atoms with Crippen molar-refractivity contribution in [2.75, 3.05) is 46.6 Å². The Morgan fingerprint density at radius 3 is 1.77 bits per heavy atom. The normalized spacial score (nSPS) is 18.5. The minimum atomic E-state index is -0.0250. The van der Waals surface area contributed by atoms with Gasteiger partial charge in [-0.1, -0.05) is 23.1 Å². The summed E-state index contributed by atoms with van der Waals surface area (Å²) in [7, 11) is 1.86. The van der Waals surface area contributed by atoms with E-state index in [1.165, 1.54) is 12.4 Å². The number of amides is 2. The molecule has 6 aromatic heterocycles. The molecule has 22 heteroatoms. The Morgan fingerprint density at radius 1 is 0.605 bits per heavy atom. The van der Waals surface area contributed by atoms with E-state index in [-0.39, 0.29) is 36.0 Å². The van der Waals surface area contributed by atoms with Gasteiger partial charge in [-0.05, 0) is 135 Å².